The summed E-state index contributed by atoms with van der Waals surface area (Å²) >= 11 is 7.11. The first kappa shape index (κ1) is 9.74. The highest BCUT2D eigenvalue weighted by atomic mass is 35.5. The largest absolute Gasteiger partial charge is 0.267 e. The summed E-state index contributed by atoms with van der Waals surface area (Å²) in [4.78, 5) is 0. The van der Waals surface area contributed by atoms with E-state index in [1.54, 1.807) is 0 Å². The van der Waals surface area contributed by atoms with E-state index in [4.69, 9.17) is 11.6 Å². The first-order valence-corrected chi connectivity index (χ1v) is 5.86. The van der Waals surface area contributed by atoms with Crippen molar-refractivity contribution in [1.82, 2.24) is 20.0 Å². The predicted octanol–water partition coefficient (Wildman–Crippen LogP) is 2.75. The van der Waals surface area contributed by atoms with Gasteiger partial charge in [-0.05, 0) is 17.7 Å². The summed E-state index contributed by atoms with van der Waals surface area (Å²) in [6.45, 7) is 0. The van der Waals surface area contributed by atoms with Crippen molar-refractivity contribution in [3.63, 3.8) is 0 Å². The second-order valence-corrected chi connectivity index (χ2v) is 4.91. The number of halogens is 1. The van der Waals surface area contributed by atoms with Crippen LogP contribution in [0, 0.1) is 0 Å². The number of nitrogens with zero attached hydrogens (tertiary/aromatic N) is 4. The van der Waals surface area contributed by atoms with Gasteiger partial charge >= 0.3 is 0 Å². The van der Waals surface area contributed by atoms with Gasteiger partial charge in [0.2, 0.25) is 4.47 Å². The van der Waals surface area contributed by atoms with Crippen molar-refractivity contribution in [3.05, 3.63) is 28.7 Å². The molecule has 16 heavy (non-hydrogen) atoms. The fourth-order valence-electron chi connectivity index (χ4n) is 1.67. The molecule has 0 aliphatic heterocycles. The highest BCUT2D eigenvalue weighted by molar-refractivity contribution is 7.18. The molecule has 0 unspecified atom stereocenters. The Balaban J connectivity index is 2.32. The van der Waals surface area contributed by atoms with E-state index in [2.05, 4.69) is 15.3 Å². The van der Waals surface area contributed by atoms with Gasteiger partial charge in [-0.1, -0.05) is 29.5 Å². The Morgan fingerprint density at radius 2 is 2.06 bits per heavy atom. The van der Waals surface area contributed by atoms with E-state index in [0.29, 0.717) is 4.47 Å². The number of aryl methyl sites for hydroxylation is 1. The normalized spacial score (nSPS) is 11.1. The van der Waals surface area contributed by atoms with E-state index in [1.807, 2.05) is 36.0 Å². The monoisotopic (exact) mass is 250 g/mol. The van der Waals surface area contributed by atoms with Crippen LogP contribution in [0.1, 0.15) is 0 Å². The molecule has 0 aliphatic carbocycles. The third-order valence-electron chi connectivity index (χ3n) is 2.36. The Bertz CT molecular complexity index is 658. The van der Waals surface area contributed by atoms with Gasteiger partial charge in [-0.3, -0.25) is 4.68 Å². The zero-order chi connectivity index (χ0) is 11.1. The molecule has 0 radical (unpaired) electrons. The van der Waals surface area contributed by atoms with Crippen LogP contribution < -0.4 is 0 Å². The van der Waals surface area contributed by atoms with Crippen molar-refractivity contribution in [3.8, 4) is 10.7 Å². The molecule has 0 N–H and O–H groups in total. The average molecular weight is 251 g/mol. The van der Waals surface area contributed by atoms with E-state index in [1.165, 1.54) is 11.3 Å². The molecule has 1 aromatic carbocycles. The van der Waals surface area contributed by atoms with Gasteiger partial charge in [0, 0.05) is 12.4 Å². The lowest BCUT2D eigenvalue weighted by Gasteiger charge is -1.90. The summed E-state index contributed by atoms with van der Waals surface area (Å²) in [6.07, 6.45) is 0. The van der Waals surface area contributed by atoms with Crippen molar-refractivity contribution in [2.75, 3.05) is 0 Å². The van der Waals surface area contributed by atoms with Crippen molar-refractivity contribution in [2.45, 2.75) is 0 Å². The lowest BCUT2D eigenvalue weighted by atomic mass is 10.2. The van der Waals surface area contributed by atoms with Crippen LogP contribution in [0.5, 0.6) is 0 Å². The lowest BCUT2D eigenvalue weighted by molar-refractivity contribution is 0.799. The maximum absolute atomic E-state index is 5.78. The Morgan fingerprint density at radius 3 is 2.81 bits per heavy atom. The van der Waals surface area contributed by atoms with Crippen molar-refractivity contribution >= 4 is 33.8 Å². The van der Waals surface area contributed by atoms with Crippen LogP contribution in [-0.2, 0) is 7.05 Å². The molecule has 80 valence electrons. The van der Waals surface area contributed by atoms with Crippen molar-refractivity contribution < 1.29 is 0 Å². The van der Waals surface area contributed by atoms with Crippen LogP contribution in [-0.4, -0.2) is 20.0 Å². The fraction of sp³-hybridized carbons (Fsp3) is 0.100. The van der Waals surface area contributed by atoms with Crippen molar-refractivity contribution in [1.29, 1.82) is 0 Å². The SMILES string of the molecule is Cn1nc(-c2nnc(Cl)s2)c2ccccc21. The molecule has 0 fully saturated rings. The Morgan fingerprint density at radius 1 is 1.25 bits per heavy atom. The van der Waals surface area contributed by atoms with Crippen LogP contribution >= 0.6 is 22.9 Å². The van der Waals surface area contributed by atoms with Gasteiger partial charge in [-0.2, -0.15) is 5.10 Å². The molecule has 3 aromatic rings. The van der Waals surface area contributed by atoms with Gasteiger partial charge in [-0.25, -0.2) is 0 Å². The first-order valence-electron chi connectivity index (χ1n) is 4.67. The molecule has 0 saturated heterocycles. The number of rotatable bonds is 1. The topological polar surface area (TPSA) is 43.6 Å². The average Bonchev–Trinajstić information content (AvgIpc) is 2.84. The maximum atomic E-state index is 5.78. The van der Waals surface area contributed by atoms with E-state index in [9.17, 15) is 0 Å². The number of benzene rings is 1. The van der Waals surface area contributed by atoms with Crippen LogP contribution in [0.3, 0.4) is 0 Å². The molecule has 0 spiro atoms. The summed E-state index contributed by atoms with van der Waals surface area (Å²) in [5.41, 5.74) is 1.91. The first-order chi connectivity index (χ1) is 7.75. The molecule has 0 saturated carbocycles. The third-order valence-corrected chi connectivity index (χ3v) is 3.39. The number of fused-ring (bicyclic) bond motifs is 1. The molecule has 3 rings (SSSR count). The molecule has 0 amide bonds. The van der Waals surface area contributed by atoms with Crippen molar-refractivity contribution in [2.24, 2.45) is 7.05 Å². The van der Waals surface area contributed by atoms with Gasteiger partial charge in [0.25, 0.3) is 0 Å². The Kier molecular flexibility index (Phi) is 2.15. The second-order valence-electron chi connectivity index (χ2n) is 3.35. The number of hydrogen-bond acceptors (Lipinski definition) is 4. The van der Waals surface area contributed by atoms with Gasteiger partial charge in [0.05, 0.1) is 5.52 Å². The second kappa shape index (κ2) is 3.54. The summed E-state index contributed by atoms with van der Waals surface area (Å²) in [5.74, 6) is 0. The zero-order valence-electron chi connectivity index (χ0n) is 8.38. The smallest absolute Gasteiger partial charge is 0.207 e. The molecule has 4 nitrogen and oxygen atoms in total. The minimum atomic E-state index is 0.435. The highest BCUT2D eigenvalue weighted by Gasteiger charge is 2.13. The van der Waals surface area contributed by atoms with E-state index in [0.717, 1.165) is 21.6 Å². The van der Waals surface area contributed by atoms with Gasteiger partial charge in [0.15, 0.2) is 5.01 Å². The summed E-state index contributed by atoms with van der Waals surface area (Å²) in [6, 6.07) is 8.01. The fourth-order valence-corrected chi connectivity index (χ4v) is 2.50. The maximum Gasteiger partial charge on any atom is 0.207 e. The molecular formula is C10H7ClN4S. The summed E-state index contributed by atoms with van der Waals surface area (Å²) < 4.78 is 2.27. The van der Waals surface area contributed by atoms with Crippen LogP contribution in [0.4, 0.5) is 0 Å². The molecule has 0 bridgehead atoms. The predicted molar refractivity (Wildman–Crippen MR) is 64.6 cm³/mol. The summed E-state index contributed by atoms with van der Waals surface area (Å²) in [5, 5.41) is 14.1. The van der Waals surface area contributed by atoms with E-state index in [-0.39, 0.29) is 0 Å². The number of hydrogen-bond donors (Lipinski definition) is 0. The molecule has 2 heterocycles. The Labute approximate surface area is 100 Å². The van der Waals surface area contributed by atoms with Gasteiger partial charge in [-0.15, -0.1) is 10.2 Å². The van der Waals surface area contributed by atoms with E-state index >= 15 is 0 Å². The van der Waals surface area contributed by atoms with Crippen LogP contribution in [0.25, 0.3) is 21.6 Å². The third kappa shape index (κ3) is 1.40. The zero-order valence-corrected chi connectivity index (χ0v) is 9.96. The molecule has 2 aromatic heterocycles. The lowest BCUT2D eigenvalue weighted by Crippen LogP contribution is -1.89. The standard InChI is InChI=1S/C10H7ClN4S/c1-15-7-5-3-2-4-6(7)8(14-15)9-12-13-10(11)16-9/h2-5H,1H3. The van der Waals surface area contributed by atoms with Crippen LogP contribution in [0.15, 0.2) is 24.3 Å². The molecule has 6 heteroatoms. The minimum Gasteiger partial charge on any atom is -0.267 e. The van der Waals surface area contributed by atoms with Gasteiger partial charge in [0.1, 0.15) is 5.69 Å². The van der Waals surface area contributed by atoms with E-state index < -0.39 is 0 Å². The molecule has 0 atom stereocenters. The highest BCUT2D eigenvalue weighted by Crippen LogP contribution is 2.30. The molecular weight excluding hydrogens is 244 g/mol. The number of para-hydroxylation sites is 1. The van der Waals surface area contributed by atoms with Gasteiger partial charge < -0.3 is 0 Å². The molecule has 0 aliphatic rings. The quantitative estimate of drug-likeness (QED) is 0.667. The van der Waals surface area contributed by atoms with Crippen LogP contribution in [0.2, 0.25) is 4.47 Å². The summed E-state index contributed by atoms with van der Waals surface area (Å²) in [7, 11) is 1.91. The minimum absolute atomic E-state index is 0.435. The number of aromatic nitrogens is 4. The Hall–Kier alpha value is -1.46.